The van der Waals surface area contributed by atoms with Gasteiger partial charge in [0.25, 0.3) is 11.8 Å². The number of carbonyl (C=O) groups excluding carboxylic acids is 3. The predicted molar refractivity (Wildman–Crippen MR) is 165 cm³/mol. The van der Waals surface area contributed by atoms with Gasteiger partial charge in [-0.25, -0.2) is 8.78 Å². The van der Waals surface area contributed by atoms with E-state index in [4.69, 9.17) is 0 Å². The molecule has 0 aliphatic heterocycles. The lowest BCUT2D eigenvalue weighted by Crippen LogP contribution is -2.46. The van der Waals surface area contributed by atoms with Crippen LogP contribution in [-0.2, 0) is 11.2 Å². The van der Waals surface area contributed by atoms with E-state index in [2.05, 4.69) is 15.5 Å². The summed E-state index contributed by atoms with van der Waals surface area (Å²) in [6.07, 6.45) is 0.871. The Morgan fingerprint density at radius 1 is 0.860 bits per heavy atom. The number of aliphatic hydroxyl groups excluding tert-OH is 1. The molecule has 8 nitrogen and oxygen atoms in total. The summed E-state index contributed by atoms with van der Waals surface area (Å²) in [4.78, 5) is 42.9. The van der Waals surface area contributed by atoms with Gasteiger partial charge in [0.2, 0.25) is 5.91 Å². The Hall–Kier alpha value is -3.37. The summed E-state index contributed by atoms with van der Waals surface area (Å²) in [7, 11) is 0. The van der Waals surface area contributed by atoms with Gasteiger partial charge >= 0.3 is 0 Å². The van der Waals surface area contributed by atoms with Crippen molar-refractivity contribution in [1.82, 2.24) is 20.4 Å². The van der Waals surface area contributed by atoms with Crippen molar-refractivity contribution in [3.63, 3.8) is 0 Å². The lowest BCUT2D eigenvalue weighted by atomic mass is 9.97. The SMILES string of the molecule is CCCN(CCC)C(=O)c1cc(C)cc(C(=O)N[C@@H](Cc2cc(F)cc(F)c2)[C@H](O)CCNC(=O)CCN(CC)CC)c1. The van der Waals surface area contributed by atoms with E-state index in [0.717, 1.165) is 49.7 Å². The number of nitrogens with one attached hydrogen (secondary N) is 2. The smallest absolute Gasteiger partial charge is 0.253 e. The number of halogens is 2. The van der Waals surface area contributed by atoms with Gasteiger partial charge in [-0.05, 0) is 87.2 Å². The molecule has 3 N–H and O–H groups in total. The van der Waals surface area contributed by atoms with E-state index in [9.17, 15) is 28.3 Å². The molecule has 0 unspecified atom stereocenters. The molecule has 2 aromatic carbocycles. The van der Waals surface area contributed by atoms with Crippen LogP contribution in [0, 0.1) is 18.6 Å². The first-order chi connectivity index (χ1) is 20.5. The van der Waals surface area contributed by atoms with Crippen LogP contribution >= 0.6 is 0 Å². The number of aryl methyl sites for hydroxylation is 1. The predicted octanol–water partition coefficient (Wildman–Crippen LogP) is 4.48. The van der Waals surface area contributed by atoms with Crippen molar-refractivity contribution in [2.24, 2.45) is 0 Å². The number of carbonyl (C=O) groups is 3. The fraction of sp³-hybridized carbons (Fsp3) is 0.545. The zero-order valence-corrected chi connectivity index (χ0v) is 26.2. The van der Waals surface area contributed by atoms with Gasteiger partial charge in [-0.2, -0.15) is 0 Å². The second-order valence-corrected chi connectivity index (χ2v) is 10.9. The van der Waals surface area contributed by atoms with Gasteiger partial charge in [0.1, 0.15) is 11.6 Å². The van der Waals surface area contributed by atoms with Gasteiger partial charge < -0.3 is 25.5 Å². The maximum Gasteiger partial charge on any atom is 0.253 e. The van der Waals surface area contributed by atoms with Crippen molar-refractivity contribution in [2.45, 2.75) is 78.9 Å². The third-order valence-corrected chi connectivity index (χ3v) is 7.33. The van der Waals surface area contributed by atoms with E-state index in [1.54, 1.807) is 24.0 Å². The number of nitrogens with zero attached hydrogens (tertiary/aromatic N) is 2. The maximum atomic E-state index is 13.9. The van der Waals surface area contributed by atoms with Gasteiger partial charge in [-0.15, -0.1) is 0 Å². The number of amides is 3. The summed E-state index contributed by atoms with van der Waals surface area (Å²) in [5.41, 5.74) is 1.62. The summed E-state index contributed by atoms with van der Waals surface area (Å²) >= 11 is 0. The molecule has 2 aromatic rings. The first-order valence-electron chi connectivity index (χ1n) is 15.3. The van der Waals surface area contributed by atoms with Crippen molar-refractivity contribution in [2.75, 3.05) is 39.3 Å². The molecule has 0 bridgehead atoms. The maximum absolute atomic E-state index is 13.9. The third-order valence-electron chi connectivity index (χ3n) is 7.33. The largest absolute Gasteiger partial charge is 0.391 e. The lowest BCUT2D eigenvalue weighted by molar-refractivity contribution is -0.121. The van der Waals surface area contributed by atoms with E-state index in [1.165, 1.54) is 6.07 Å². The topological polar surface area (TPSA) is 102 Å². The summed E-state index contributed by atoms with van der Waals surface area (Å²) in [6, 6.07) is 7.07. The standard InChI is InChI=1S/C33H48F2N4O4/c1-6-13-39(14-7-2)33(43)26-17-23(5)16-25(21-26)32(42)37-29(20-24-18-27(34)22-28(35)19-24)30(40)10-12-36-31(41)11-15-38(8-3)9-4/h16-19,21-22,29-30,40H,6-15,20H2,1-5H3,(H,36,41)(H,37,42)/t29-,30+/m0/s1. The first kappa shape index (κ1) is 35.8. The van der Waals surface area contributed by atoms with Crippen LogP contribution in [0.1, 0.15) is 85.2 Å². The third kappa shape index (κ3) is 12.0. The Bertz CT molecular complexity index is 1180. The van der Waals surface area contributed by atoms with Gasteiger partial charge in [-0.1, -0.05) is 27.7 Å². The lowest BCUT2D eigenvalue weighted by Gasteiger charge is -2.25. The van der Waals surface area contributed by atoms with Crippen molar-refractivity contribution >= 4 is 17.7 Å². The summed E-state index contributed by atoms with van der Waals surface area (Å²) in [5.74, 6) is -2.37. The Morgan fingerprint density at radius 2 is 1.47 bits per heavy atom. The number of hydrogen-bond acceptors (Lipinski definition) is 5. The molecule has 0 heterocycles. The molecule has 10 heteroatoms. The number of benzene rings is 2. The van der Waals surface area contributed by atoms with E-state index in [1.807, 2.05) is 27.7 Å². The number of aliphatic hydroxyl groups is 1. The second kappa shape index (κ2) is 18.3. The van der Waals surface area contributed by atoms with Crippen LogP contribution in [0.15, 0.2) is 36.4 Å². The molecule has 3 amide bonds. The van der Waals surface area contributed by atoms with Crippen LogP contribution in [0.5, 0.6) is 0 Å². The fourth-order valence-corrected chi connectivity index (χ4v) is 5.04. The molecule has 2 atom stereocenters. The van der Waals surface area contributed by atoms with Gasteiger partial charge in [-0.3, -0.25) is 14.4 Å². The average molecular weight is 603 g/mol. The summed E-state index contributed by atoms with van der Waals surface area (Å²) in [5, 5.41) is 16.7. The molecule has 0 fully saturated rings. The molecule has 2 rings (SSSR count). The van der Waals surface area contributed by atoms with Crippen LogP contribution in [0.2, 0.25) is 0 Å². The highest BCUT2D eigenvalue weighted by molar-refractivity contribution is 6.00. The van der Waals surface area contributed by atoms with Gasteiger partial charge in [0.05, 0.1) is 12.1 Å². The first-order valence-corrected chi connectivity index (χ1v) is 15.3. The van der Waals surface area contributed by atoms with Crippen LogP contribution in [0.4, 0.5) is 8.78 Å². The van der Waals surface area contributed by atoms with Crippen molar-refractivity contribution in [1.29, 1.82) is 0 Å². The highest BCUT2D eigenvalue weighted by atomic mass is 19.1. The van der Waals surface area contributed by atoms with E-state index in [0.29, 0.717) is 31.6 Å². The normalized spacial score (nSPS) is 12.6. The van der Waals surface area contributed by atoms with E-state index >= 15 is 0 Å². The monoisotopic (exact) mass is 602 g/mol. The molecule has 238 valence electrons. The Balaban J connectivity index is 2.21. The Kier molecular flexibility index (Phi) is 15.3. The zero-order chi connectivity index (χ0) is 31.9. The molecule has 0 saturated carbocycles. The second-order valence-electron chi connectivity index (χ2n) is 10.9. The zero-order valence-electron chi connectivity index (χ0n) is 26.2. The Labute approximate surface area is 254 Å². The molecule has 0 aromatic heterocycles. The van der Waals surface area contributed by atoms with Crippen LogP contribution in [0.3, 0.4) is 0 Å². The highest BCUT2D eigenvalue weighted by Gasteiger charge is 2.24. The van der Waals surface area contributed by atoms with E-state index in [-0.39, 0.29) is 42.3 Å². The van der Waals surface area contributed by atoms with Gasteiger partial charge in [0.15, 0.2) is 0 Å². The van der Waals surface area contributed by atoms with Crippen LogP contribution in [-0.4, -0.2) is 84.0 Å². The Morgan fingerprint density at radius 3 is 2.05 bits per heavy atom. The molecular weight excluding hydrogens is 554 g/mol. The molecule has 43 heavy (non-hydrogen) atoms. The molecule has 0 spiro atoms. The van der Waals surface area contributed by atoms with Gasteiger partial charge in [0, 0.05) is 49.8 Å². The van der Waals surface area contributed by atoms with Crippen LogP contribution < -0.4 is 10.6 Å². The minimum atomic E-state index is -1.13. The molecule has 0 radical (unpaired) electrons. The highest BCUT2D eigenvalue weighted by Crippen LogP contribution is 2.16. The minimum Gasteiger partial charge on any atom is -0.391 e. The molecular formula is C33H48F2N4O4. The van der Waals surface area contributed by atoms with Crippen LogP contribution in [0.25, 0.3) is 0 Å². The fourth-order valence-electron chi connectivity index (χ4n) is 5.04. The number of rotatable bonds is 18. The van der Waals surface area contributed by atoms with Crippen molar-refractivity contribution in [3.05, 3.63) is 70.3 Å². The summed E-state index contributed by atoms with van der Waals surface area (Å²) < 4.78 is 27.9. The van der Waals surface area contributed by atoms with Crippen molar-refractivity contribution in [3.8, 4) is 0 Å². The van der Waals surface area contributed by atoms with E-state index < -0.39 is 29.7 Å². The van der Waals surface area contributed by atoms with Crippen molar-refractivity contribution < 1.29 is 28.3 Å². The molecule has 0 aliphatic rings. The summed E-state index contributed by atoms with van der Waals surface area (Å²) in [6.45, 7) is 13.5. The molecule has 0 saturated heterocycles. The minimum absolute atomic E-state index is 0.0458. The molecule has 0 aliphatic carbocycles. The average Bonchev–Trinajstić information content (AvgIpc) is 2.95. The number of hydrogen-bond donors (Lipinski definition) is 3. The quantitative estimate of drug-likeness (QED) is 0.234.